The summed E-state index contributed by atoms with van der Waals surface area (Å²) in [5.74, 6) is 0.457. The lowest BCUT2D eigenvalue weighted by molar-refractivity contribution is 0.144. The zero-order valence-corrected chi connectivity index (χ0v) is 25.2. The van der Waals surface area contributed by atoms with Gasteiger partial charge in [-0.15, -0.1) is 12.4 Å². The third kappa shape index (κ3) is 6.81. The number of phenolic OH excluding ortho intramolecular Hbond substituents is 1. The summed E-state index contributed by atoms with van der Waals surface area (Å²) in [6.07, 6.45) is 0. The van der Waals surface area contributed by atoms with Crippen molar-refractivity contribution in [2.24, 2.45) is 0 Å². The van der Waals surface area contributed by atoms with E-state index >= 15 is 0 Å². The lowest BCUT2D eigenvalue weighted by Gasteiger charge is -2.34. The smallest absolute Gasteiger partial charge is 0.124 e. The largest absolute Gasteiger partial charge is 0.507 e. The molecule has 0 radical (unpaired) electrons. The SMILES string of the molecule is Cc1ccc(-c2ssc(=S)c2-c2cc(CN3CCN(C)CC3)c(O)c(CN3CCN(C)CC3)c2)cc1.Cl. The fourth-order valence-corrected chi connectivity index (χ4v) is 7.96. The number of likely N-dealkylation sites (N-methyl/N-ethyl adjacent to an activating group) is 2. The van der Waals surface area contributed by atoms with Crippen LogP contribution in [0.5, 0.6) is 5.75 Å². The van der Waals surface area contributed by atoms with Crippen molar-refractivity contribution >= 4 is 45.3 Å². The Kier molecular flexibility index (Phi) is 9.80. The van der Waals surface area contributed by atoms with Gasteiger partial charge in [0.1, 0.15) is 9.57 Å². The van der Waals surface area contributed by atoms with Gasteiger partial charge < -0.3 is 14.9 Å². The second-order valence-corrected chi connectivity index (χ2v) is 13.1. The minimum absolute atomic E-state index is 0. The fraction of sp³-hybridized carbons (Fsp3) is 0.464. The van der Waals surface area contributed by atoms with E-state index in [-0.39, 0.29) is 12.4 Å². The molecule has 0 spiro atoms. The van der Waals surface area contributed by atoms with Crippen molar-refractivity contribution in [3.05, 3.63) is 56.9 Å². The minimum Gasteiger partial charge on any atom is -0.507 e. The molecule has 5 nitrogen and oxygen atoms in total. The topological polar surface area (TPSA) is 33.2 Å². The maximum Gasteiger partial charge on any atom is 0.124 e. The number of rotatable bonds is 6. The van der Waals surface area contributed by atoms with Gasteiger partial charge in [0.25, 0.3) is 0 Å². The third-order valence-electron chi connectivity index (χ3n) is 7.48. The molecule has 2 aliphatic heterocycles. The van der Waals surface area contributed by atoms with Crippen molar-refractivity contribution in [3.8, 4) is 27.3 Å². The number of hydrogen-bond acceptors (Lipinski definition) is 8. The van der Waals surface area contributed by atoms with Crippen molar-refractivity contribution in [1.29, 1.82) is 0 Å². The third-order valence-corrected chi connectivity index (χ3v) is 10.5. The highest BCUT2D eigenvalue weighted by molar-refractivity contribution is 7.80. The molecule has 2 fully saturated rings. The van der Waals surface area contributed by atoms with Crippen LogP contribution in [0.3, 0.4) is 0 Å². The summed E-state index contributed by atoms with van der Waals surface area (Å²) in [6, 6.07) is 13.1. The molecule has 3 heterocycles. The molecule has 0 saturated carbocycles. The highest BCUT2D eigenvalue weighted by Gasteiger charge is 2.22. The Morgan fingerprint density at radius 1 is 0.757 bits per heavy atom. The standard InChI is InChI=1S/C28H36N4OS3.ClH/c1-20-4-6-21(7-5-20)27-25(28(34)36-35-27)22-16-23(18-31-12-8-29(2)9-13-31)26(33)24(17-22)19-32-14-10-30(3)11-15-32;/h4-7,16-17,33H,8-15,18-19H2,1-3H3;1H. The number of benzene rings is 2. The number of aromatic hydroxyl groups is 1. The van der Waals surface area contributed by atoms with Gasteiger partial charge in [-0.25, -0.2) is 0 Å². The Hall–Kier alpha value is -1.36. The summed E-state index contributed by atoms with van der Waals surface area (Å²) >= 11 is 5.88. The second-order valence-electron chi connectivity index (χ2n) is 10.3. The molecule has 0 amide bonds. The molecule has 0 bridgehead atoms. The van der Waals surface area contributed by atoms with Crippen LogP contribution in [0.1, 0.15) is 16.7 Å². The lowest BCUT2D eigenvalue weighted by Crippen LogP contribution is -2.44. The average molecular weight is 577 g/mol. The zero-order valence-electron chi connectivity index (χ0n) is 21.9. The van der Waals surface area contributed by atoms with E-state index in [4.69, 9.17) is 12.2 Å². The first-order valence-corrected chi connectivity index (χ1v) is 15.3. The Balaban J connectivity index is 0.00000320. The van der Waals surface area contributed by atoms with Gasteiger partial charge in [0.15, 0.2) is 0 Å². The molecular formula is C28H37ClN4OS3. The maximum absolute atomic E-state index is 11.5. The van der Waals surface area contributed by atoms with Gasteiger partial charge in [0.05, 0.1) is 4.88 Å². The molecule has 0 unspecified atom stereocenters. The first kappa shape index (κ1) is 28.6. The summed E-state index contributed by atoms with van der Waals surface area (Å²) in [5.41, 5.74) is 6.78. The van der Waals surface area contributed by atoms with Crippen LogP contribution >= 0.6 is 45.3 Å². The zero-order chi connectivity index (χ0) is 25.2. The number of piperazine rings is 2. The van der Waals surface area contributed by atoms with Crippen molar-refractivity contribution in [2.45, 2.75) is 20.0 Å². The number of hydrogen-bond donors (Lipinski definition) is 1. The number of nitrogens with zero attached hydrogens (tertiary/aromatic N) is 4. The molecule has 37 heavy (non-hydrogen) atoms. The van der Waals surface area contributed by atoms with E-state index in [2.05, 4.69) is 77.0 Å². The summed E-state index contributed by atoms with van der Waals surface area (Å²) < 4.78 is 0.928. The molecule has 200 valence electrons. The molecule has 0 aliphatic carbocycles. The van der Waals surface area contributed by atoms with Crippen LogP contribution in [0.2, 0.25) is 0 Å². The van der Waals surface area contributed by atoms with Gasteiger partial charge in [0.2, 0.25) is 0 Å². The van der Waals surface area contributed by atoms with Crippen LogP contribution in [-0.4, -0.2) is 91.2 Å². The van der Waals surface area contributed by atoms with Gasteiger partial charge in [-0.1, -0.05) is 62.7 Å². The predicted octanol–water partition coefficient (Wildman–Crippen LogP) is 5.80. The quantitative estimate of drug-likeness (QED) is 0.295. The normalized spacial score (nSPS) is 18.1. The van der Waals surface area contributed by atoms with Crippen molar-refractivity contribution < 1.29 is 5.11 Å². The first-order valence-electron chi connectivity index (χ1n) is 12.7. The van der Waals surface area contributed by atoms with Crippen LogP contribution in [0.15, 0.2) is 36.4 Å². The second kappa shape index (κ2) is 12.7. The predicted molar refractivity (Wildman–Crippen MR) is 163 cm³/mol. The monoisotopic (exact) mass is 576 g/mol. The Labute approximate surface area is 239 Å². The molecular weight excluding hydrogens is 540 g/mol. The van der Waals surface area contributed by atoms with Gasteiger partial charge in [-0.3, -0.25) is 9.80 Å². The number of aryl methyl sites for hydroxylation is 1. The van der Waals surface area contributed by atoms with Crippen molar-refractivity contribution in [3.63, 3.8) is 0 Å². The summed E-state index contributed by atoms with van der Waals surface area (Å²) in [7, 11) is 7.79. The van der Waals surface area contributed by atoms with Crippen LogP contribution < -0.4 is 0 Å². The number of phenols is 1. The molecule has 2 saturated heterocycles. The van der Waals surface area contributed by atoms with Gasteiger partial charge in [-0.2, -0.15) is 0 Å². The number of halogens is 1. The Morgan fingerprint density at radius 3 is 1.73 bits per heavy atom. The molecule has 1 aromatic heterocycles. The molecule has 2 aliphatic rings. The van der Waals surface area contributed by atoms with E-state index in [9.17, 15) is 5.11 Å². The van der Waals surface area contributed by atoms with Crippen molar-refractivity contribution in [2.75, 3.05) is 66.5 Å². The van der Waals surface area contributed by atoms with Gasteiger partial charge in [0, 0.05) is 82.1 Å². The highest BCUT2D eigenvalue weighted by Crippen LogP contribution is 2.43. The summed E-state index contributed by atoms with van der Waals surface area (Å²) in [6.45, 7) is 12.0. The van der Waals surface area contributed by atoms with Gasteiger partial charge >= 0.3 is 0 Å². The van der Waals surface area contributed by atoms with E-state index < -0.39 is 0 Å². The molecule has 5 rings (SSSR count). The Bertz CT molecular complexity index is 1200. The summed E-state index contributed by atoms with van der Waals surface area (Å²) in [4.78, 5) is 10.9. The van der Waals surface area contributed by atoms with Crippen LogP contribution in [-0.2, 0) is 13.1 Å². The van der Waals surface area contributed by atoms with Gasteiger partial charge in [-0.05, 0) is 44.3 Å². The minimum atomic E-state index is 0. The van der Waals surface area contributed by atoms with Crippen LogP contribution in [0, 0.1) is 10.7 Å². The highest BCUT2D eigenvalue weighted by atomic mass is 35.5. The van der Waals surface area contributed by atoms with E-state index in [1.807, 2.05) is 0 Å². The van der Waals surface area contributed by atoms with E-state index in [0.717, 1.165) is 91.5 Å². The fourth-order valence-electron chi connectivity index (χ4n) is 5.04. The molecule has 3 aromatic rings. The summed E-state index contributed by atoms with van der Waals surface area (Å²) in [5, 5.41) is 11.5. The molecule has 1 N–H and O–H groups in total. The van der Waals surface area contributed by atoms with E-state index in [1.165, 1.54) is 16.0 Å². The average Bonchev–Trinajstić information content (AvgIpc) is 3.26. The molecule has 9 heteroatoms. The maximum atomic E-state index is 11.5. The van der Waals surface area contributed by atoms with Crippen molar-refractivity contribution in [1.82, 2.24) is 19.6 Å². The Morgan fingerprint density at radius 2 is 1.24 bits per heavy atom. The first-order chi connectivity index (χ1) is 17.4. The molecule has 2 aromatic carbocycles. The van der Waals surface area contributed by atoms with Crippen LogP contribution in [0.25, 0.3) is 21.6 Å². The van der Waals surface area contributed by atoms with E-state index in [1.54, 1.807) is 20.7 Å². The lowest BCUT2D eigenvalue weighted by atomic mass is 9.96. The van der Waals surface area contributed by atoms with Crippen LogP contribution in [0.4, 0.5) is 0 Å². The van der Waals surface area contributed by atoms with E-state index in [0.29, 0.717) is 5.75 Å². The molecule has 0 atom stereocenters.